The van der Waals surface area contributed by atoms with Crippen molar-refractivity contribution in [3.63, 3.8) is 0 Å². The van der Waals surface area contributed by atoms with Crippen LogP contribution in [0.25, 0.3) is 0 Å². The van der Waals surface area contributed by atoms with Gasteiger partial charge in [0.05, 0.1) is 0 Å². The highest BCUT2D eigenvalue weighted by atomic mass is 16.1. The molecule has 0 fully saturated rings. The first-order valence-electron chi connectivity index (χ1n) is 8.48. The topological polar surface area (TPSA) is 20.3 Å². The maximum atomic E-state index is 11.2. The zero-order valence-electron chi connectivity index (χ0n) is 13.6. The molecule has 1 aliphatic heterocycles. The Morgan fingerprint density at radius 3 is 2.86 bits per heavy atom. The first-order valence-corrected chi connectivity index (χ1v) is 8.48. The lowest BCUT2D eigenvalue weighted by Crippen LogP contribution is -2.22. The Kier molecular flexibility index (Phi) is 4.47. The molecule has 3 rings (SSSR count). The summed E-state index contributed by atoms with van der Waals surface area (Å²) in [5, 5.41) is 0. The van der Waals surface area contributed by atoms with Crippen molar-refractivity contribution in [1.29, 1.82) is 0 Å². The predicted molar refractivity (Wildman–Crippen MR) is 91.1 cm³/mol. The molecule has 22 heavy (non-hydrogen) atoms. The van der Waals surface area contributed by atoms with Gasteiger partial charge in [-0.15, -0.1) is 0 Å². The lowest BCUT2D eigenvalue weighted by atomic mass is 9.84. The second-order valence-corrected chi connectivity index (χ2v) is 6.33. The Bertz CT molecular complexity index is 616. The van der Waals surface area contributed by atoms with Crippen LogP contribution in [0.4, 0.5) is 0 Å². The summed E-state index contributed by atoms with van der Waals surface area (Å²) in [4.78, 5) is 13.7. The van der Waals surface area contributed by atoms with Gasteiger partial charge in [0.15, 0.2) is 0 Å². The molecule has 1 atom stereocenters. The molecule has 2 heteroatoms. The first-order chi connectivity index (χ1) is 10.8. The zero-order valence-corrected chi connectivity index (χ0v) is 13.6. The van der Waals surface area contributed by atoms with Gasteiger partial charge in [-0.2, -0.15) is 0 Å². The molecule has 0 radical (unpaired) electrons. The molecular formula is C20H25NO. The van der Waals surface area contributed by atoms with E-state index in [2.05, 4.69) is 49.1 Å². The Labute approximate surface area is 133 Å². The van der Waals surface area contributed by atoms with Gasteiger partial charge in [0, 0.05) is 23.9 Å². The van der Waals surface area contributed by atoms with Gasteiger partial charge in [-0.1, -0.05) is 37.6 Å². The van der Waals surface area contributed by atoms with Crippen LogP contribution < -0.4 is 0 Å². The number of rotatable bonds is 5. The molecule has 0 spiro atoms. The summed E-state index contributed by atoms with van der Waals surface area (Å²) in [7, 11) is 0. The zero-order chi connectivity index (χ0) is 15.5. The monoisotopic (exact) mass is 295 g/mol. The average Bonchev–Trinajstić information content (AvgIpc) is 2.86. The standard InChI is InChI=1S/C20H25NO/c1-3-5-11-21-19-9-7-15(6-4-2)12-17(19)18-13-16(14-22)8-10-20(18)21/h4,6-7,9,13-14,17H,3,5,8,10-12H2,1-2H3/b6-4+. The Balaban J connectivity index is 1.97. The van der Waals surface area contributed by atoms with Crippen molar-refractivity contribution in [1.82, 2.24) is 4.90 Å². The van der Waals surface area contributed by atoms with Gasteiger partial charge in [-0.3, -0.25) is 4.79 Å². The largest absolute Gasteiger partial charge is 0.348 e. The number of unbranched alkanes of at least 4 members (excludes halogenated alkanes) is 1. The molecule has 2 nitrogen and oxygen atoms in total. The third kappa shape index (κ3) is 2.63. The van der Waals surface area contributed by atoms with Crippen molar-refractivity contribution in [3.8, 4) is 0 Å². The SMILES string of the molecule is C/C=C/C1=CC=C2C(C1)C1=C(CCC(C=O)=C1)N2CCCC. The van der Waals surface area contributed by atoms with E-state index in [1.165, 1.54) is 35.4 Å². The number of carbonyl (C=O) groups excluding carboxylic acids is 1. The van der Waals surface area contributed by atoms with Gasteiger partial charge in [0.2, 0.25) is 0 Å². The number of allylic oxidation sites excluding steroid dienone is 9. The summed E-state index contributed by atoms with van der Waals surface area (Å²) in [5.41, 5.74) is 6.64. The summed E-state index contributed by atoms with van der Waals surface area (Å²) in [6.45, 7) is 5.42. The Hall–Kier alpha value is -1.83. The van der Waals surface area contributed by atoms with E-state index in [9.17, 15) is 4.79 Å². The molecule has 0 aromatic rings. The number of carbonyl (C=O) groups is 1. The summed E-state index contributed by atoms with van der Waals surface area (Å²) in [6.07, 6.45) is 17.5. The summed E-state index contributed by atoms with van der Waals surface area (Å²) < 4.78 is 0. The van der Waals surface area contributed by atoms with E-state index in [0.29, 0.717) is 5.92 Å². The number of nitrogens with zero attached hydrogens (tertiary/aromatic N) is 1. The minimum absolute atomic E-state index is 0.443. The molecule has 116 valence electrons. The third-order valence-corrected chi connectivity index (χ3v) is 4.87. The maximum Gasteiger partial charge on any atom is 0.146 e. The normalized spacial score (nSPS) is 24.0. The van der Waals surface area contributed by atoms with Crippen molar-refractivity contribution in [2.75, 3.05) is 6.54 Å². The van der Waals surface area contributed by atoms with Crippen LogP contribution in [0.3, 0.4) is 0 Å². The van der Waals surface area contributed by atoms with Crippen molar-refractivity contribution in [2.45, 2.75) is 46.0 Å². The highest BCUT2D eigenvalue weighted by molar-refractivity contribution is 5.75. The maximum absolute atomic E-state index is 11.2. The fourth-order valence-electron chi connectivity index (χ4n) is 3.79. The number of hydrogen-bond acceptors (Lipinski definition) is 2. The molecule has 0 amide bonds. The molecule has 0 saturated carbocycles. The number of hydrogen-bond donors (Lipinski definition) is 0. The number of fused-ring (bicyclic) bond motifs is 2. The van der Waals surface area contributed by atoms with Crippen LogP contribution in [-0.4, -0.2) is 17.7 Å². The van der Waals surface area contributed by atoms with Crippen LogP contribution in [0.2, 0.25) is 0 Å². The van der Waals surface area contributed by atoms with Crippen molar-refractivity contribution >= 4 is 6.29 Å². The van der Waals surface area contributed by atoms with E-state index in [1.807, 2.05) is 0 Å². The van der Waals surface area contributed by atoms with Crippen LogP contribution in [0.5, 0.6) is 0 Å². The highest BCUT2D eigenvalue weighted by Gasteiger charge is 2.37. The van der Waals surface area contributed by atoms with E-state index >= 15 is 0 Å². The second-order valence-electron chi connectivity index (χ2n) is 6.33. The van der Waals surface area contributed by atoms with Gasteiger partial charge in [-0.25, -0.2) is 0 Å². The van der Waals surface area contributed by atoms with Gasteiger partial charge in [0.1, 0.15) is 6.29 Å². The summed E-state index contributed by atoms with van der Waals surface area (Å²) >= 11 is 0. The molecule has 0 saturated heterocycles. The van der Waals surface area contributed by atoms with E-state index in [4.69, 9.17) is 0 Å². The Morgan fingerprint density at radius 1 is 1.27 bits per heavy atom. The smallest absolute Gasteiger partial charge is 0.146 e. The van der Waals surface area contributed by atoms with E-state index < -0.39 is 0 Å². The fraction of sp³-hybridized carbons (Fsp3) is 0.450. The van der Waals surface area contributed by atoms with Gasteiger partial charge in [0.25, 0.3) is 0 Å². The minimum Gasteiger partial charge on any atom is -0.348 e. The van der Waals surface area contributed by atoms with Crippen LogP contribution in [-0.2, 0) is 4.79 Å². The minimum atomic E-state index is 0.443. The summed E-state index contributed by atoms with van der Waals surface area (Å²) in [5.74, 6) is 0.443. The van der Waals surface area contributed by atoms with E-state index in [0.717, 1.165) is 37.7 Å². The molecule has 0 bridgehead atoms. The van der Waals surface area contributed by atoms with Crippen molar-refractivity contribution in [3.05, 3.63) is 58.5 Å². The molecular weight excluding hydrogens is 270 g/mol. The third-order valence-electron chi connectivity index (χ3n) is 4.87. The highest BCUT2D eigenvalue weighted by Crippen LogP contribution is 2.47. The molecule has 0 aromatic heterocycles. The van der Waals surface area contributed by atoms with Gasteiger partial charge in [-0.05, 0) is 55.4 Å². The predicted octanol–water partition coefficient (Wildman–Crippen LogP) is 4.68. The van der Waals surface area contributed by atoms with Crippen LogP contribution >= 0.6 is 0 Å². The van der Waals surface area contributed by atoms with Crippen LogP contribution in [0.15, 0.2) is 58.5 Å². The average molecular weight is 295 g/mol. The number of aldehydes is 1. The van der Waals surface area contributed by atoms with Gasteiger partial charge < -0.3 is 4.90 Å². The molecule has 0 N–H and O–H groups in total. The first kappa shape index (κ1) is 15.1. The molecule has 1 unspecified atom stereocenters. The van der Waals surface area contributed by atoms with E-state index in [-0.39, 0.29) is 0 Å². The summed E-state index contributed by atoms with van der Waals surface area (Å²) in [6, 6.07) is 0. The molecule has 1 heterocycles. The second kappa shape index (κ2) is 6.51. The quantitative estimate of drug-likeness (QED) is 0.686. The van der Waals surface area contributed by atoms with Crippen molar-refractivity contribution < 1.29 is 4.79 Å². The van der Waals surface area contributed by atoms with Crippen LogP contribution in [0, 0.1) is 5.92 Å². The lowest BCUT2D eigenvalue weighted by Gasteiger charge is -2.27. The van der Waals surface area contributed by atoms with E-state index in [1.54, 1.807) is 0 Å². The lowest BCUT2D eigenvalue weighted by molar-refractivity contribution is -0.105. The molecule has 0 aromatic carbocycles. The van der Waals surface area contributed by atoms with Crippen LogP contribution in [0.1, 0.15) is 46.0 Å². The molecule has 3 aliphatic rings. The van der Waals surface area contributed by atoms with Gasteiger partial charge >= 0.3 is 0 Å². The van der Waals surface area contributed by atoms with Crippen molar-refractivity contribution in [2.24, 2.45) is 5.92 Å². The Morgan fingerprint density at radius 2 is 2.14 bits per heavy atom. The molecule has 2 aliphatic carbocycles. The fourth-order valence-corrected chi connectivity index (χ4v) is 3.79.